The first-order chi connectivity index (χ1) is 30.7. The fraction of sp³-hybridized carbons (Fsp3) is 0.759. The van der Waals surface area contributed by atoms with Crippen molar-refractivity contribution in [2.45, 2.75) is 268 Å². The second-order valence-electron chi connectivity index (χ2n) is 19.2. The number of benzene rings is 2. The van der Waals surface area contributed by atoms with Gasteiger partial charge in [-0.1, -0.05) is 279 Å². The van der Waals surface area contributed by atoms with Crippen LogP contribution in [-0.2, 0) is 5.41 Å². The molecule has 2 unspecified atom stereocenters. The SMILES string of the molecule is S[CH]CCC(c1ccccc1)C(CCCCCCCCCCCCCCCCCCCCS)([C](S)CCCCCCCCCCCCCCCCCCCCS)c1ccccc1. The van der Waals surface area contributed by atoms with Crippen LogP contribution in [0.15, 0.2) is 60.7 Å². The quantitative estimate of drug-likeness (QED) is 0.0369. The van der Waals surface area contributed by atoms with E-state index >= 15 is 0 Å². The van der Waals surface area contributed by atoms with Crippen molar-refractivity contribution in [3.8, 4) is 0 Å². The summed E-state index contributed by atoms with van der Waals surface area (Å²) >= 11 is 18.9. The number of rotatable bonds is 47. The second-order valence-corrected chi connectivity index (χ2v) is 21.0. The highest BCUT2D eigenvalue weighted by Crippen LogP contribution is 2.54. The van der Waals surface area contributed by atoms with E-state index in [1.165, 1.54) is 254 Å². The van der Waals surface area contributed by atoms with Gasteiger partial charge in [0.25, 0.3) is 0 Å². The van der Waals surface area contributed by atoms with Crippen molar-refractivity contribution in [2.75, 3.05) is 11.5 Å². The summed E-state index contributed by atoms with van der Waals surface area (Å²) in [7, 11) is 0. The van der Waals surface area contributed by atoms with E-state index < -0.39 is 0 Å². The van der Waals surface area contributed by atoms with Crippen LogP contribution < -0.4 is 0 Å². The van der Waals surface area contributed by atoms with Crippen molar-refractivity contribution in [1.82, 2.24) is 0 Å². The molecule has 0 saturated heterocycles. The van der Waals surface area contributed by atoms with Gasteiger partial charge in [0.1, 0.15) is 0 Å². The topological polar surface area (TPSA) is 0 Å². The summed E-state index contributed by atoms with van der Waals surface area (Å²) < 4.78 is 0. The largest absolute Gasteiger partial charge is 0.179 e. The van der Waals surface area contributed by atoms with Crippen molar-refractivity contribution >= 4 is 50.5 Å². The molecule has 2 atom stereocenters. The minimum Gasteiger partial charge on any atom is -0.179 e. The van der Waals surface area contributed by atoms with Gasteiger partial charge in [0, 0.05) is 16.4 Å². The van der Waals surface area contributed by atoms with Crippen LogP contribution in [0.3, 0.4) is 0 Å². The molecular formula is C58H100S4. The number of thiol groups is 4. The predicted molar refractivity (Wildman–Crippen MR) is 295 cm³/mol. The molecule has 0 heterocycles. The molecular weight excluding hydrogens is 825 g/mol. The molecule has 0 aliphatic heterocycles. The molecule has 0 fully saturated rings. The third-order valence-corrected chi connectivity index (χ3v) is 15.5. The summed E-state index contributed by atoms with van der Waals surface area (Å²) in [6.45, 7) is 0. The Balaban J connectivity index is 1.77. The number of unbranched alkanes of at least 4 members (excludes halogenated alkanes) is 34. The Bertz CT molecular complexity index is 1170. The maximum absolute atomic E-state index is 5.60. The summed E-state index contributed by atoms with van der Waals surface area (Å²) in [5.41, 5.74) is 2.84. The molecule has 0 nitrogen and oxygen atoms in total. The molecule has 0 bridgehead atoms. The average Bonchev–Trinajstić information content (AvgIpc) is 3.30. The van der Waals surface area contributed by atoms with E-state index in [4.69, 9.17) is 12.6 Å². The van der Waals surface area contributed by atoms with Crippen molar-refractivity contribution in [2.24, 2.45) is 0 Å². The Hall–Kier alpha value is -0.160. The lowest BCUT2D eigenvalue weighted by molar-refractivity contribution is 0.316. The second kappa shape index (κ2) is 43.4. The van der Waals surface area contributed by atoms with Gasteiger partial charge in [-0.05, 0) is 67.1 Å². The molecule has 0 spiro atoms. The lowest BCUT2D eigenvalue weighted by atomic mass is 9.60. The molecule has 2 aromatic carbocycles. The van der Waals surface area contributed by atoms with Crippen molar-refractivity contribution in [3.05, 3.63) is 82.8 Å². The first-order valence-corrected chi connectivity index (χ1v) is 29.3. The Labute approximate surface area is 410 Å². The van der Waals surface area contributed by atoms with Crippen LogP contribution in [0.1, 0.15) is 274 Å². The summed E-state index contributed by atoms with van der Waals surface area (Å²) in [4.78, 5) is 0. The third kappa shape index (κ3) is 28.8. The molecule has 0 aromatic heterocycles. The highest BCUT2D eigenvalue weighted by atomic mass is 32.1. The molecule has 356 valence electrons. The van der Waals surface area contributed by atoms with E-state index in [2.05, 4.69) is 104 Å². The van der Waals surface area contributed by atoms with Crippen LogP contribution >= 0.6 is 50.5 Å². The normalized spacial score (nSPS) is 13.2. The minimum atomic E-state index is -0.0828. The molecule has 2 aromatic rings. The van der Waals surface area contributed by atoms with Gasteiger partial charge in [-0.2, -0.15) is 50.5 Å². The molecule has 4 heteroatoms. The van der Waals surface area contributed by atoms with Crippen LogP contribution in [0.4, 0.5) is 0 Å². The molecule has 0 aliphatic rings. The van der Waals surface area contributed by atoms with E-state index in [0.29, 0.717) is 5.92 Å². The Morgan fingerprint density at radius 2 is 0.710 bits per heavy atom. The minimum absolute atomic E-state index is 0.0828. The van der Waals surface area contributed by atoms with Gasteiger partial charge in [0.2, 0.25) is 0 Å². The Morgan fingerprint density at radius 3 is 1.05 bits per heavy atom. The average molecular weight is 926 g/mol. The van der Waals surface area contributed by atoms with E-state index in [1.807, 2.05) is 0 Å². The van der Waals surface area contributed by atoms with Gasteiger partial charge in [-0.25, -0.2) is 0 Å². The monoisotopic (exact) mass is 925 g/mol. The van der Waals surface area contributed by atoms with Crippen LogP contribution in [0, 0.1) is 11.0 Å². The van der Waals surface area contributed by atoms with Crippen LogP contribution in [0.2, 0.25) is 0 Å². The zero-order chi connectivity index (χ0) is 44.3. The van der Waals surface area contributed by atoms with Crippen molar-refractivity contribution in [3.63, 3.8) is 0 Å². The van der Waals surface area contributed by atoms with Gasteiger partial charge < -0.3 is 0 Å². The van der Waals surface area contributed by atoms with Gasteiger partial charge in [-0.3, -0.25) is 0 Å². The summed E-state index contributed by atoms with van der Waals surface area (Å²) in [6, 6.07) is 23.0. The molecule has 0 aliphatic carbocycles. The Morgan fingerprint density at radius 1 is 0.403 bits per heavy atom. The zero-order valence-corrected chi connectivity index (χ0v) is 44.0. The lowest BCUT2D eigenvalue weighted by Gasteiger charge is -2.46. The van der Waals surface area contributed by atoms with E-state index in [1.54, 1.807) is 0 Å². The maximum Gasteiger partial charge on any atom is 0.0385 e. The summed E-state index contributed by atoms with van der Waals surface area (Å²) in [5.74, 6) is 4.57. The van der Waals surface area contributed by atoms with Crippen molar-refractivity contribution < 1.29 is 0 Å². The van der Waals surface area contributed by atoms with Gasteiger partial charge >= 0.3 is 0 Å². The third-order valence-electron chi connectivity index (χ3n) is 14.0. The summed E-state index contributed by atoms with van der Waals surface area (Å²) in [5, 5.41) is 1.42. The molecule has 0 N–H and O–H groups in total. The lowest BCUT2D eigenvalue weighted by Crippen LogP contribution is -2.38. The molecule has 2 radical (unpaired) electrons. The van der Waals surface area contributed by atoms with Crippen molar-refractivity contribution in [1.29, 1.82) is 0 Å². The fourth-order valence-electron chi connectivity index (χ4n) is 10.2. The standard InChI is InChI=1S/C58H100S4/c59-51-41-31-27-23-19-15-11-7-3-1-5-9-13-17-21-25-29-39-49-57(62)58(55-46-37-34-38-47-55,56(48-43-53-61)54-44-35-33-36-45-54)50-40-30-26-22-18-14-10-6-2-4-8-12-16-20-24-28-32-42-52-60/h33-38,44-47,53,56,59-62H,1-32,39-43,48-52H2. The highest BCUT2D eigenvalue weighted by Gasteiger charge is 2.45. The van der Waals surface area contributed by atoms with Gasteiger partial charge in [-0.15, -0.1) is 0 Å². The molecule has 0 amide bonds. The smallest absolute Gasteiger partial charge is 0.0385 e. The van der Waals surface area contributed by atoms with Crippen LogP contribution in [0.25, 0.3) is 0 Å². The van der Waals surface area contributed by atoms with Gasteiger partial charge in [0.15, 0.2) is 0 Å². The Kier molecular flexibility index (Phi) is 40.6. The fourth-order valence-corrected chi connectivity index (χ4v) is 11.3. The number of hydrogen-bond donors (Lipinski definition) is 4. The molecule has 0 saturated carbocycles. The van der Waals surface area contributed by atoms with Crippen LogP contribution in [0.5, 0.6) is 0 Å². The highest BCUT2D eigenvalue weighted by molar-refractivity contribution is 7.83. The summed E-state index contributed by atoms with van der Waals surface area (Å²) in [6.07, 6.45) is 54.8. The molecule has 2 rings (SSSR count). The van der Waals surface area contributed by atoms with Crippen LogP contribution in [-0.4, -0.2) is 11.5 Å². The zero-order valence-electron chi connectivity index (χ0n) is 40.4. The van der Waals surface area contributed by atoms with E-state index in [-0.39, 0.29) is 5.41 Å². The maximum atomic E-state index is 5.60. The van der Waals surface area contributed by atoms with Gasteiger partial charge in [0.05, 0.1) is 0 Å². The first kappa shape index (κ1) is 58.0. The molecule has 62 heavy (non-hydrogen) atoms. The van der Waals surface area contributed by atoms with E-state index in [9.17, 15) is 0 Å². The first-order valence-electron chi connectivity index (χ1n) is 27.0. The van der Waals surface area contributed by atoms with E-state index in [0.717, 1.165) is 30.8 Å². The predicted octanol–water partition coefficient (Wildman–Crippen LogP) is 20.7. The number of hydrogen-bond acceptors (Lipinski definition) is 4.